The van der Waals surface area contributed by atoms with Crippen LogP contribution in [0.15, 0.2) is 60.7 Å². The highest BCUT2D eigenvalue weighted by atomic mass is 16.5. The van der Waals surface area contributed by atoms with E-state index in [1.807, 2.05) is 65.6 Å². The maximum absolute atomic E-state index is 13.4. The number of nitrogens with one attached hydrogen (secondary N) is 1. The van der Waals surface area contributed by atoms with Crippen LogP contribution >= 0.6 is 0 Å². The Morgan fingerprint density at radius 2 is 1.64 bits per heavy atom. The average molecular weight is 448 g/mol. The number of carbonyl (C=O) groups is 2. The molecule has 1 heterocycles. The topological polar surface area (TPSA) is 61.9 Å². The maximum atomic E-state index is 13.4. The number of rotatable bonds is 7. The maximum Gasteiger partial charge on any atom is 0.246 e. The predicted molar refractivity (Wildman–Crippen MR) is 131 cm³/mol. The van der Waals surface area contributed by atoms with Crippen molar-refractivity contribution < 1.29 is 14.3 Å². The van der Waals surface area contributed by atoms with E-state index in [1.165, 1.54) is 12.8 Å². The van der Waals surface area contributed by atoms with Gasteiger partial charge in [-0.25, -0.2) is 0 Å². The minimum absolute atomic E-state index is 0.0265. The molecule has 1 saturated heterocycles. The standard InChI is InChI=1S/C27H33N3O3/c1-33-24-14-12-23(13-15-24)28-27(32)26(22-9-5-6-10-22)30-19-17-29(18-20-30)25(31)16-11-21-7-3-2-4-8-21/h2-4,7-8,11-16,22,26H,5-6,9-10,17-20H2,1H3,(H,28,32)/b16-11+. The average Bonchev–Trinajstić information content (AvgIpc) is 3.38. The van der Waals surface area contributed by atoms with Crippen LogP contribution in [0.4, 0.5) is 5.69 Å². The van der Waals surface area contributed by atoms with E-state index in [4.69, 9.17) is 4.74 Å². The first-order chi connectivity index (χ1) is 16.1. The first-order valence-corrected chi connectivity index (χ1v) is 11.8. The van der Waals surface area contributed by atoms with Crippen molar-refractivity contribution in [3.63, 3.8) is 0 Å². The summed E-state index contributed by atoms with van der Waals surface area (Å²) in [4.78, 5) is 30.2. The molecule has 6 heteroatoms. The molecule has 1 saturated carbocycles. The van der Waals surface area contributed by atoms with E-state index in [0.717, 1.165) is 29.8 Å². The summed E-state index contributed by atoms with van der Waals surface area (Å²) in [6, 6.07) is 17.1. The highest BCUT2D eigenvalue weighted by Crippen LogP contribution is 2.32. The van der Waals surface area contributed by atoms with Gasteiger partial charge in [0.1, 0.15) is 5.75 Å². The van der Waals surface area contributed by atoms with Crippen LogP contribution in [0.5, 0.6) is 5.75 Å². The first kappa shape index (κ1) is 23.1. The molecule has 33 heavy (non-hydrogen) atoms. The number of anilines is 1. The quantitative estimate of drug-likeness (QED) is 0.651. The zero-order valence-corrected chi connectivity index (χ0v) is 19.3. The molecule has 0 aromatic heterocycles. The van der Waals surface area contributed by atoms with Crippen molar-refractivity contribution in [1.82, 2.24) is 9.80 Å². The van der Waals surface area contributed by atoms with Gasteiger partial charge in [0, 0.05) is 37.9 Å². The van der Waals surface area contributed by atoms with Gasteiger partial charge in [-0.05, 0) is 54.7 Å². The third-order valence-electron chi connectivity index (χ3n) is 6.71. The van der Waals surface area contributed by atoms with E-state index < -0.39 is 0 Å². The van der Waals surface area contributed by atoms with Gasteiger partial charge < -0.3 is 15.0 Å². The fourth-order valence-electron chi connectivity index (χ4n) is 4.90. The number of ether oxygens (including phenoxy) is 1. The number of benzene rings is 2. The van der Waals surface area contributed by atoms with Gasteiger partial charge >= 0.3 is 0 Å². The molecule has 2 fully saturated rings. The van der Waals surface area contributed by atoms with Crippen LogP contribution in [0.2, 0.25) is 0 Å². The highest BCUT2D eigenvalue weighted by molar-refractivity contribution is 5.95. The Bertz CT molecular complexity index is 944. The third kappa shape index (κ3) is 6.02. The molecule has 1 unspecified atom stereocenters. The smallest absolute Gasteiger partial charge is 0.246 e. The lowest BCUT2D eigenvalue weighted by atomic mass is 9.95. The molecule has 2 amide bonds. The molecule has 1 aliphatic carbocycles. The minimum Gasteiger partial charge on any atom is -0.497 e. The number of amides is 2. The van der Waals surface area contributed by atoms with Gasteiger partial charge in [0.15, 0.2) is 0 Å². The largest absolute Gasteiger partial charge is 0.497 e. The summed E-state index contributed by atoms with van der Waals surface area (Å²) in [5.41, 5.74) is 1.80. The molecule has 1 aliphatic heterocycles. The van der Waals surface area contributed by atoms with E-state index in [0.29, 0.717) is 32.1 Å². The Hall–Kier alpha value is -3.12. The van der Waals surface area contributed by atoms with Gasteiger partial charge in [-0.1, -0.05) is 43.2 Å². The van der Waals surface area contributed by atoms with Crippen molar-refractivity contribution in [3.05, 3.63) is 66.2 Å². The zero-order valence-electron chi connectivity index (χ0n) is 19.3. The SMILES string of the molecule is COc1ccc(NC(=O)C(C2CCCC2)N2CCN(C(=O)/C=C/c3ccccc3)CC2)cc1. The lowest BCUT2D eigenvalue weighted by Crippen LogP contribution is -2.56. The van der Waals surface area contributed by atoms with E-state index in [1.54, 1.807) is 13.2 Å². The number of methoxy groups -OCH3 is 1. The van der Waals surface area contributed by atoms with E-state index in [9.17, 15) is 9.59 Å². The Morgan fingerprint density at radius 1 is 0.970 bits per heavy atom. The van der Waals surface area contributed by atoms with Gasteiger partial charge in [-0.3, -0.25) is 14.5 Å². The Balaban J connectivity index is 1.37. The molecule has 174 valence electrons. The summed E-state index contributed by atoms with van der Waals surface area (Å²) < 4.78 is 5.21. The molecule has 2 aromatic rings. The number of hydrogen-bond acceptors (Lipinski definition) is 4. The molecule has 2 aliphatic rings. The van der Waals surface area contributed by atoms with Gasteiger partial charge in [0.2, 0.25) is 11.8 Å². The van der Waals surface area contributed by atoms with Crippen LogP contribution in [0.25, 0.3) is 6.08 Å². The van der Waals surface area contributed by atoms with Crippen molar-refractivity contribution in [2.45, 2.75) is 31.7 Å². The Morgan fingerprint density at radius 3 is 2.27 bits per heavy atom. The highest BCUT2D eigenvalue weighted by Gasteiger charge is 2.37. The van der Waals surface area contributed by atoms with Gasteiger partial charge in [0.25, 0.3) is 0 Å². The molecular formula is C27H33N3O3. The fourth-order valence-corrected chi connectivity index (χ4v) is 4.90. The molecule has 1 atom stereocenters. The fraction of sp³-hybridized carbons (Fsp3) is 0.407. The normalized spacial score (nSPS) is 18.4. The third-order valence-corrected chi connectivity index (χ3v) is 6.71. The number of piperazine rings is 1. The second kappa shape index (κ2) is 11.1. The molecule has 0 spiro atoms. The van der Waals surface area contributed by atoms with Crippen LogP contribution in [-0.4, -0.2) is 60.9 Å². The molecule has 6 nitrogen and oxygen atoms in total. The van der Waals surface area contributed by atoms with Gasteiger partial charge in [-0.2, -0.15) is 0 Å². The second-order valence-corrected chi connectivity index (χ2v) is 8.81. The van der Waals surface area contributed by atoms with E-state index in [-0.39, 0.29) is 17.9 Å². The summed E-state index contributed by atoms with van der Waals surface area (Å²) in [7, 11) is 1.63. The molecule has 0 bridgehead atoms. The molecule has 2 aromatic carbocycles. The van der Waals surface area contributed by atoms with Crippen molar-refractivity contribution in [1.29, 1.82) is 0 Å². The van der Waals surface area contributed by atoms with Crippen molar-refractivity contribution >= 4 is 23.6 Å². The monoisotopic (exact) mass is 447 g/mol. The summed E-state index contributed by atoms with van der Waals surface area (Å²) in [5, 5.41) is 3.11. The van der Waals surface area contributed by atoms with Crippen molar-refractivity contribution in [2.24, 2.45) is 5.92 Å². The molecule has 1 N–H and O–H groups in total. The van der Waals surface area contributed by atoms with Gasteiger partial charge in [0.05, 0.1) is 13.2 Å². The number of carbonyl (C=O) groups excluding carboxylic acids is 2. The first-order valence-electron chi connectivity index (χ1n) is 11.8. The Kier molecular flexibility index (Phi) is 7.79. The van der Waals surface area contributed by atoms with Crippen LogP contribution in [0, 0.1) is 5.92 Å². The van der Waals surface area contributed by atoms with Crippen LogP contribution in [0.1, 0.15) is 31.2 Å². The second-order valence-electron chi connectivity index (χ2n) is 8.81. The van der Waals surface area contributed by atoms with Crippen LogP contribution < -0.4 is 10.1 Å². The van der Waals surface area contributed by atoms with Crippen molar-refractivity contribution in [3.8, 4) is 5.75 Å². The predicted octanol–water partition coefficient (Wildman–Crippen LogP) is 4.05. The summed E-state index contributed by atoms with van der Waals surface area (Å²) in [6.45, 7) is 2.69. The molecule has 4 rings (SSSR count). The molecular weight excluding hydrogens is 414 g/mol. The summed E-state index contributed by atoms with van der Waals surface area (Å²) in [5.74, 6) is 1.21. The van der Waals surface area contributed by atoms with Crippen LogP contribution in [-0.2, 0) is 9.59 Å². The number of nitrogens with zero attached hydrogens (tertiary/aromatic N) is 2. The summed E-state index contributed by atoms with van der Waals surface area (Å²) in [6.07, 6.45) is 8.03. The molecule has 0 radical (unpaired) electrons. The minimum atomic E-state index is -0.160. The Labute approximate surface area is 196 Å². The van der Waals surface area contributed by atoms with Gasteiger partial charge in [-0.15, -0.1) is 0 Å². The van der Waals surface area contributed by atoms with E-state index in [2.05, 4.69) is 10.2 Å². The summed E-state index contributed by atoms with van der Waals surface area (Å²) >= 11 is 0. The lowest BCUT2D eigenvalue weighted by Gasteiger charge is -2.40. The zero-order chi connectivity index (χ0) is 23.0. The van der Waals surface area contributed by atoms with E-state index >= 15 is 0 Å². The number of hydrogen-bond donors (Lipinski definition) is 1. The van der Waals surface area contributed by atoms with Crippen molar-refractivity contribution in [2.75, 3.05) is 38.6 Å². The van der Waals surface area contributed by atoms with Crippen LogP contribution in [0.3, 0.4) is 0 Å². The lowest BCUT2D eigenvalue weighted by molar-refractivity contribution is -0.129.